The fraction of sp³-hybridized carbons (Fsp3) is 0.600. The van der Waals surface area contributed by atoms with Gasteiger partial charge in [-0.15, -0.1) is 11.8 Å². The first-order valence-corrected chi connectivity index (χ1v) is 4.87. The number of urea groups is 1. The van der Waals surface area contributed by atoms with E-state index in [1.165, 1.54) is 0 Å². The summed E-state index contributed by atoms with van der Waals surface area (Å²) in [5, 5.41) is 13.4. The van der Waals surface area contributed by atoms with Crippen LogP contribution in [0.4, 0.5) is 4.79 Å². The predicted octanol–water partition coefficient (Wildman–Crippen LogP) is -0.200. The third-order valence-corrected chi connectivity index (χ3v) is 1.47. The van der Waals surface area contributed by atoms with Crippen LogP contribution in [0.1, 0.15) is 13.3 Å². The monoisotopic (exact) mass is 228 g/mol. The maximum Gasteiger partial charge on any atom is 0.329 e. The number of rotatable bonds is 7. The highest BCUT2D eigenvalue weighted by Gasteiger charge is 1.99. The Kier molecular flexibility index (Phi) is 8.74. The number of carbonyl (C=O) groups excluding carboxylic acids is 1. The molecule has 16 heavy (non-hydrogen) atoms. The minimum Gasteiger partial charge on any atom is -0.480 e. The van der Waals surface area contributed by atoms with Gasteiger partial charge in [0.2, 0.25) is 0 Å². The Bertz CT molecular complexity index is 280. The van der Waals surface area contributed by atoms with E-state index < -0.39 is 5.97 Å². The van der Waals surface area contributed by atoms with Crippen LogP contribution in [-0.4, -0.2) is 43.4 Å². The number of carbonyl (C=O) groups is 2. The van der Waals surface area contributed by atoms with E-state index in [4.69, 9.17) is 9.84 Å². The second kappa shape index (κ2) is 9.80. The molecule has 0 atom stereocenters. The molecule has 0 bridgehead atoms. The zero-order chi connectivity index (χ0) is 12.2. The summed E-state index contributed by atoms with van der Waals surface area (Å²) in [6, 6.07) is -0.308. The summed E-state index contributed by atoms with van der Waals surface area (Å²) < 4.78 is 4.72. The van der Waals surface area contributed by atoms with Gasteiger partial charge in [-0.1, -0.05) is 0 Å². The van der Waals surface area contributed by atoms with Gasteiger partial charge in [0, 0.05) is 19.5 Å². The summed E-state index contributed by atoms with van der Waals surface area (Å²) in [5.41, 5.74) is 0. The highest BCUT2D eigenvalue weighted by Crippen LogP contribution is 1.75. The van der Waals surface area contributed by atoms with Crippen molar-refractivity contribution in [3.63, 3.8) is 0 Å². The minimum atomic E-state index is -1.03. The SMILES string of the molecule is CC#CCCNC(=O)NCCOCC(=O)O. The van der Waals surface area contributed by atoms with E-state index in [-0.39, 0.29) is 25.8 Å². The second-order valence-corrected chi connectivity index (χ2v) is 2.81. The number of carboxylic acid groups (broad SMARTS) is 1. The van der Waals surface area contributed by atoms with Crippen LogP contribution in [0.15, 0.2) is 0 Å². The molecular weight excluding hydrogens is 212 g/mol. The number of ether oxygens (including phenoxy) is 1. The molecule has 0 aliphatic carbocycles. The van der Waals surface area contributed by atoms with Crippen LogP contribution in [-0.2, 0) is 9.53 Å². The van der Waals surface area contributed by atoms with Gasteiger partial charge in [0.1, 0.15) is 6.61 Å². The molecule has 0 unspecified atom stereocenters. The average molecular weight is 228 g/mol. The summed E-state index contributed by atoms with van der Waals surface area (Å²) >= 11 is 0. The quantitative estimate of drug-likeness (QED) is 0.416. The zero-order valence-electron chi connectivity index (χ0n) is 9.21. The van der Waals surface area contributed by atoms with E-state index in [0.29, 0.717) is 13.0 Å². The first-order valence-electron chi connectivity index (χ1n) is 4.87. The lowest BCUT2D eigenvalue weighted by Crippen LogP contribution is -2.37. The van der Waals surface area contributed by atoms with Gasteiger partial charge in [-0.2, -0.15) is 0 Å². The maximum atomic E-state index is 11.1. The van der Waals surface area contributed by atoms with Gasteiger partial charge in [-0.05, 0) is 6.92 Å². The summed E-state index contributed by atoms with van der Waals surface area (Å²) in [4.78, 5) is 21.1. The third-order valence-electron chi connectivity index (χ3n) is 1.47. The lowest BCUT2D eigenvalue weighted by atomic mass is 10.4. The zero-order valence-corrected chi connectivity index (χ0v) is 9.21. The first-order chi connectivity index (χ1) is 7.66. The highest BCUT2D eigenvalue weighted by atomic mass is 16.5. The molecule has 6 nitrogen and oxygen atoms in total. The number of hydrogen-bond acceptors (Lipinski definition) is 3. The third kappa shape index (κ3) is 10.3. The number of amides is 2. The van der Waals surface area contributed by atoms with Crippen molar-refractivity contribution in [3.05, 3.63) is 0 Å². The lowest BCUT2D eigenvalue weighted by Gasteiger charge is -2.05. The molecule has 90 valence electrons. The smallest absolute Gasteiger partial charge is 0.329 e. The molecule has 0 aliphatic heterocycles. The molecule has 3 N–H and O–H groups in total. The predicted molar refractivity (Wildman–Crippen MR) is 57.9 cm³/mol. The van der Waals surface area contributed by atoms with Gasteiger partial charge in [-0.25, -0.2) is 9.59 Å². The van der Waals surface area contributed by atoms with E-state index in [2.05, 4.69) is 22.5 Å². The van der Waals surface area contributed by atoms with E-state index in [1.54, 1.807) is 6.92 Å². The van der Waals surface area contributed by atoms with E-state index in [0.717, 1.165) is 0 Å². The summed E-state index contributed by atoms with van der Waals surface area (Å²) in [6.07, 6.45) is 0.611. The molecule has 0 saturated carbocycles. The van der Waals surface area contributed by atoms with E-state index in [1.807, 2.05) is 0 Å². The van der Waals surface area contributed by atoms with Crippen molar-refractivity contribution in [1.82, 2.24) is 10.6 Å². The van der Waals surface area contributed by atoms with Gasteiger partial charge < -0.3 is 20.5 Å². The molecule has 0 aromatic rings. The van der Waals surface area contributed by atoms with Crippen LogP contribution in [0.2, 0.25) is 0 Å². The molecule has 0 saturated heterocycles. The molecule has 0 rings (SSSR count). The maximum absolute atomic E-state index is 11.1. The Labute approximate surface area is 94.4 Å². The molecule has 0 aromatic heterocycles. The fourth-order valence-corrected chi connectivity index (χ4v) is 0.822. The van der Waals surface area contributed by atoms with E-state index in [9.17, 15) is 9.59 Å². The second-order valence-electron chi connectivity index (χ2n) is 2.81. The summed E-state index contributed by atoms with van der Waals surface area (Å²) in [6.45, 7) is 2.32. The summed E-state index contributed by atoms with van der Waals surface area (Å²) in [5.74, 6) is 4.50. The van der Waals surface area contributed by atoms with Crippen molar-refractivity contribution in [1.29, 1.82) is 0 Å². The topological polar surface area (TPSA) is 87.7 Å². The van der Waals surface area contributed by atoms with Crippen LogP contribution in [0.25, 0.3) is 0 Å². The van der Waals surface area contributed by atoms with E-state index >= 15 is 0 Å². The van der Waals surface area contributed by atoms with Crippen molar-refractivity contribution in [2.24, 2.45) is 0 Å². The molecule has 2 amide bonds. The largest absolute Gasteiger partial charge is 0.480 e. The Morgan fingerprint density at radius 1 is 1.31 bits per heavy atom. The molecule has 0 fully saturated rings. The Morgan fingerprint density at radius 3 is 2.62 bits per heavy atom. The molecule has 6 heteroatoms. The Morgan fingerprint density at radius 2 is 2.00 bits per heavy atom. The van der Waals surface area contributed by atoms with Gasteiger partial charge in [0.25, 0.3) is 0 Å². The Hall–Kier alpha value is -1.74. The number of carboxylic acids is 1. The average Bonchev–Trinajstić information content (AvgIpc) is 2.23. The van der Waals surface area contributed by atoms with Crippen molar-refractivity contribution in [2.45, 2.75) is 13.3 Å². The van der Waals surface area contributed by atoms with Gasteiger partial charge in [0.05, 0.1) is 6.61 Å². The number of hydrogen-bond donors (Lipinski definition) is 3. The normalized spacial score (nSPS) is 8.81. The fourth-order valence-electron chi connectivity index (χ4n) is 0.822. The van der Waals surface area contributed by atoms with Crippen LogP contribution in [0.5, 0.6) is 0 Å². The van der Waals surface area contributed by atoms with Gasteiger partial charge in [0.15, 0.2) is 0 Å². The lowest BCUT2D eigenvalue weighted by molar-refractivity contribution is -0.142. The summed E-state index contributed by atoms with van der Waals surface area (Å²) in [7, 11) is 0. The molecule has 0 aromatic carbocycles. The molecule has 0 spiro atoms. The number of nitrogens with one attached hydrogen (secondary N) is 2. The van der Waals surface area contributed by atoms with Crippen molar-refractivity contribution in [3.8, 4) is 11.8 Å². The number of aliphatic carboxylic acids is 1. The Balaban J connectivity index is 3.29. The van der Waals surface area contributed by atoms with Gasteiger partial charge in [-0.3, -0.25) is 0 Å². The van der Waals surface area contributed by atoms with Crippen molar-refractivity contribution in [2.75, 3.05) is 26.3 Å². The van der Waals surface area contributed by atoms with Gasteiger partial charge >= 0.3 is 12.0 Å². The first kappa shape index (κ1) is 14.3. The van der Waals surface area contributed by atoms with Crippen LogP contribution in [0, 0.1) is 11.8 Å². The van der Waals surface area contributed by atoms with Crippen molar-refractivity contribution < 1.29 is 19.4 Å². The molecule has 0 aliphatic rings. The van der Waals surface area contributed by atoms with Crippen LogP contribution < -0.4 is 10.6 Å². The molecule has 0 radical (unpaired) electrons. The minimum absolute atomic E-state index is 0.175. The molecular formula is C10H16N2O4. The standard InChI is InChI=1S/C10H16N2O4/c1-2-3-4-5-11-10(15)12-6-7-16-8-9(13)14/h4-8H2,1H3,(H,13,14)(H2,11,12,15). The highest BCUT2D eigenvalue weighted by molar-refractivity contribution is 5.73. The molecule has 0 heterocycles. The van der Waals surface area contributed by atoms with Crippen LogP contribution in [0.3, 0.4) is 0 Å². The van der Waals surface area contributed by atoms with Crippen LogP contribution >= 0.6 is 0 Å². The van der Waals surface area contributed by atoms with Crippen molar-refractivity contribution >= 4 is 12.0 Å².